The van der Waals surface area contributed by atoms with Crippen molar-refractivity contribution in [2.24, 2.45) is 11.8 Å². The van der Waals surface area contributed by atoms with Gasteiger partial charge in [-0.1, -0.05) is 31.2 Å². The van der Waals surface area contributed by atoms with E-state index in [9.17, 15) is 14.4 Å². The Morgan fingerprint density at radius 3 is 2.42 bits per heavy atom. The molecule has 4 aliphatic heterocycles. The van der Waals surface area contributed by atoms with Crippen LogP contribution >= 0.6 is 0 Å². The molecule has 8 heteroatoms. The molecule has 1 spiro atoms. The molecule has 4 rings (SSSR count). The van der Waals surface area contributed by atoms with Crippen LogP contribution in [0.3, 0.4) is 0 Å². The quantitative estimate of drug-likeness (QED) is 0.458. The largest absolute Gasteiger partial charge is 0.396 e. The molecule has 3 amide bonds. The molecular weight excluding hydrogens is 422 g/mol. The van der Waals surface area contributed by atoms with Gasteiger partial charge < -0.3 is 24.5 Å². The minimum absolute atomic E-state index is 0.0256. The van der Waals surface area contributed by atoms with Gasteiger partial charge in [0.15, 0.2) is 0 Å². The highest BCUT2D eigenvalue weighted by molar-refractivity contribution is 6.00. The first-order chi connectivity index (χ1) is 15.7. The van der Waals surface area contributed by atoms with E-state index in [0.29, 0.717) is 38.9 Å². The number of ether oxygens (including phenoxy) is 1. The summed E-state index contributed by atoms with van der Waals surface area (Å²) in [4.78, 5) is 46.6. The Kier molecular flexibility index (Phi) is 6.44. The maximum Gasteiger partial charge on any atom is 0.249 e. The third kappa shape index (κ3) is 3.53. The fraction of sp³-hybridized carbons (Fsp3) is 0.720. The summed E-state index contributed by atoms with van der Waals surface area (Å²) in [6.45, 7) is 7.34. The molecular formula is C25H37N3O5. The van der Waals surface area contributed by atoms with Crippen LogP contribution in [0.1, 0.15) is 46.5 Å². The standard InChI is InChI=1S/C25H37N3O5/c1-5-24-11-9-13-26(4)21(30)18(24)19-22(31)28(14-7-6-8-16-29)20-23(32)27(17(2)3)15-10-12-25(19,20)33-24/h9-12,17-20,29H,5-8,13-16H2,1-4H3/t18-,19+,20?,24+,25+/m1/s1. The van der Waals surface area contributed by atoms with Crippen molar-refractivity contribution in [2.45, 2.75) is 69.7 Å². The zero-order valence-electron chi connectivity index (χ0n) is 20.2. The van der Waals surface area contributed by atoms with Crippen molar-refractivity contribution in [2.75, 3.05) is 33.3 Å². The molecule has 0 aromatic carbocycles. The second-order valence-electron chi connectivity index (χ2n) is 10.0. The fourth-order valence-corrected chi connectivity index (χ4v) is 6.17. The third-order valence-corrected chi connectivity index (χ3v) is 7.85. The van der Waals surface area contributed by atoms with Crippen LogP contribution in [0.25, 0.3) is 0 Å². The Morgan fingerprint density at radius 1 is 1.03 bits per heavy atom. The number of likely N-dealkylation sites (N-methyl/N-ethyl adjacent to an activating group) is 1. The first kappa shape index (κ1) is 24.0. The lowest BCUT2D eigenvalue weighted by molar-refractivity contribution is -0.154. The van der Waals surface area contributed by atoms with E-state index in [-0.39, 0.29) is 30.4 Å². The molecule has 0 aromatic rings. The van der Waals surface area contributed by atoms with Crippen LogP contribution in [0.2, 0.25) is 0 Å². The van der Waals surface area contributed by atoms with E-state index in [2.05, 4.69) is 0 Å². The Bertz CT molecular complexity index is 870. The number of unbranched alkanes of at least 4 members (excludes halogenated alkanes) is 2. The number of carbonyl (C=O) groups excluding carboxylic acids is 3. The van der Waals surface area contributed by atoms with Gasteiger partial charge in [0.1, 0.15) is 11.6 Å². The molecule has 5 atom stereocenters. The van der Waals surface area contributed by atoms with Crippen molar-refractivity contribution in [1.82, 2.24) is 14.7 Å². The van der Waals surface area contributed by atoms with Gasteiger partial charge in [-0.15, -0.1) is 0 Å². The summed E-state index contributed by atoms with van der Waals surface area (Å²) in [6.07, 6.45) is 10.4. The molecule has 8 nitrogen and oxygen atoms in total. The average Bonchev–Trinajstić information content (AvgIpc) is 3.07. The van der Waals surface area contributed by atoms with Gasteiger partial charge in [0.2, 0.25) is 17.7 Å². The lowest BCUT2D eigenvalue weighted by Crippen LogP contribution is -2.57. The summed E-state index contributed by atoms with van der Waals surface area (Å²) in [6, 6.07) is -0.825. The highest BCUT2D eigenvalue weighted by Crippen LogP contribution is 2.58. The molecule has 2 fully saturated rings. The number of amides is 3. The molecule has 2 saturated heterocycles. The lowest BCUT2D eigenvalue weighted by atomic mass is 9.73. The summed E-state index contributed by atoms with van der Waals surface area (Å²) in [7, 11) is 1.75. The van der Waals surface area contributed by atoms with Crippen LogP contribution in [0.15, 0.2) is 24.3 Å². The van der Waals surface area contributed by atoms with Gasteiger partial charge in [-0.3, -0.25) is 14.4 Å². The first-order valence-electron chi connectivity index (χ1n) is 12.3. The third-order valence-electron chi connectivity index (χ3n) is 7.85. The molecule has 0 saturated carbocycles. The van der Waals surface area contributed by atoms with Crippen LogP contribution in [0.4, 0.5) is 0 Å². The Morgan fingerprint density at radius 2 is 1.76 bits per heavy atom. The molecule has 4 aliphatic rings. The number of hydrogen-bond donors (Lipinski definition) is 1. The average molecular weight is 460 g/mol. The van der Waals surface area contributed by atoms with Crippen LogP contribution < -0.4 is 0 Å². The summed E-state index contributed by atoms with van der Waals surface area (Å²) >= 11 is 0. The van der Waals surface area contributed by atoms with E-state index in [1.54, 1.807) is 21.7 Å². The Hall–Kier alpha value is -2.19. The maximum absolute atomic E-state index is 14.0. The van der Waals surface area contributed by atoms with Crippen LogP contribution in [-0.4, -0.2) is 94.1 Å². The van der Waals surface area contributed by atoms with Gasteiger partial charge in [-0.05, 0) is 39.5 Å². The second kappa shape index (κ2) is 8.87. The monoisotopic (exact) mass is 459 g/mol. The summed E-state index contributed by atoms with van der Waals surface area (Å²) in [5, 5.41) is 9.15. The minimum Gasteiger partial charge on any atom is -0.396 e. The predicted molar refractivity (Wildman–Crippen MR) is 123 cm³/mol. The highest BCUT2D eigenvalue weighted by Gasteiger charge is 2.75. The fourth-order valence-electron chi connectivity index (χ4n) is 6.17. The molecule has 0 aromatic heterocycles. The smallest absolute Gasteiger partial charge is 0.249 e. The Labute approximate surface area is 196 Å². The van der Waals surface area contributed by atoms with Crippen molar-refractivity contribution >= 4 is 17.7 Å². The lowest BCUT2D eigenvalue weighted by Gasteiger charge is -2.39. The molecule has 4 heterocycles. The zero-order valence-corrected chi connectivity index (χ0v) is 20.2. The van der Waals surface area contributed by atoms with Crippen molar-refractivity contribution in [3.63, 3.8) is 0 Å². The van der Waals surface area contributed by atoms with Crippen molar-refractivity contribution in [3.05, 3.63) is 24.3 Å². The van der Waals surface area contributed by atoms with Crippen molar-refractivity contribution in [1.29, 1.82) is 0 Å². The van der Waals surface area contributed by atoms with Gasteiger partial charge in [0, 0.05) is 39.3 Å². The van der Waals surface area contributed by atoms with E-state index in [0.717, 1.165) is 6.42 Å². The Balaban J connectivity index is 1.83. The SMILES string of the molecule is CC[C@]12C=CCN(C)C(=O)[C@H]1[C@H]1C(=O)N(CCCCCO)C3C(=O)N(C(C)C)CC=C[C@@]31O2. The number of fused-ring (bicyclic) bond motifs is 2. The first-order valence-corrected chi connectivity index (χ1v) is 12.3. The normalized spacial score (nSPS) is 35.8. The van der Waals surface area contributed by atoms with Crippen LogP contribution in [0.5, 0.6) is 0 Å². The van der Waals surface area contributed by atoms with E-state index in [4.69, 9.17) is 9.84 Å². The van der Waals surface area contributed by atoms with E-state index >= 15 is 0 Å². The molecule has 0 bridgehead atoms. The summed E-state index contributed by atoms with van der Waals surface area (Å²) in [5.74, 6) is -1.83. The number of aliphatic hydroxyl groups is 1. The van der Waals surface area contributed by atoms with Crippen LogP contribution in [0, 0.1) is 11.8 Å². The second-order valence-corrected chi connectivity index (χ2v) is 10.0. The number of carbonyl (C=O) groups is 3. The molecule has 1 unspecified atom stereocenters. The molecule has 182 valence electrons. The minimum atomic E-state index is -1.17. The van der Waals surface area contributed by atoms with Crippen molar-refractivity contribution < 1.29 is 24.2 Å². The van der Waals surface area contributed by atoms with E-state index < -0.39 is 29.1 Å². The van der Waals surface area contributed by atoms with Gasteiger partial charge in [-0.25, -0.2) is 0 Å². The van der Waals surface area contributed by atoms with Gasteiger partial charge in [-0.2, -0.15) is 0 Å². The van der Waals surface area contributed by atoms with Gasteiger partial charge in [0.05, 0.1) is 17.4 Å². The number of hydrogen-bond acceptors (Lipinski definition) is 5. The summed E-state index contributed by atoms with van der Waals surface area (Å²) in [5.41, 5.74) is -2.09. The highest BCUT2D eigenvalue weighted by atomic mass is 16.5. The van der Waals surface area contributed by atoms with Crippen LogP contribution in [-0.2, 0) is 19.1 Å². The number of aliphatic hydroxyl groups excluding tert-OH is 1. The van der Waals surface area contributed by atoms with Crippen molar-refractivity contribution in [3.8, 4) is 0 Å². The predicted octanol–water partition coefficient (Wildman–Crippen LogP) is 1.35. The molecule has 1 N–H and O–H groups in total. The van der Waals surface area contributed by atoms with Gasteiger partial charge >= 0.3 is 0 Å². The topological polar surface area (TPSA) is 90.4 Å². The zero-order chi connectivity index (χ0) is 24.0. The number of nitrogens with zero attached hydrogens (tertiary/aromatic N) is 3. The molecule has 33 heavy (non-hydrogen) atoms. The maximum atomic E-state index is 14.0. The molecule has 0 radical (unpaired) electrons. The van der Waals surface area contributed by atoms with Gasteiger partial charge in [0.25, 0.3) is 0 Å². The van der Waals surface area contributed by atoms with E-state index in [1.165, 1.54) is 0 Å². The summed E-state index contributed by atoms with van der Waals surface area (Å²) < 4.78 is 6.85. The van der Waals surface area contributed by atoms with E-state index in [1.807, 2.05) is 45.1 Å². The number of rotatable bonds is 7. The number of likely N-dealkylation sites (tertiary alicyclic amines) is 1. The molecule has 0 aliphatic carbocycles.